The van der Waals surface area contributed by atoms with Gasteiger partial charge in [0.25, 0.3) is 0 Å². The maximum absolute atomic E-state index is 5.74. The quantitative estimate of drug-likeness (QED) is 0.489. The maximum Gasteiger partial charge on any atom is 0.188 e. The van der Waals surface area contributed by atoms with E-state index in [0.717, 1.165) is 18.2 Å². The van der Waals surface area contributed by atoms with Crippen LogP contribution in [0.25, 0.3) is 0 Å². The lowest BCUT2D eigenvalue weighted by Gasteiger charge is -2.25. The van der Waals surface area contributed by atoms with Crippen molar-refractivity contribution in [1.82, 2.24) is 15.5 Å². The molecule has 0 bridgehead atoms. The third kappa shape index (κ3) is 4.84. The van der Waals surface area contributed by atoms with Crippen LogP contribution >= 0.6 is 24.0 Å². The third-order valence-electron chi connectivity index (χ3n) is 2.84. The Morgan fingerprint density at radius 2 is 2.35 bits per heavy atom. The maximum atomic E-state index is 5.74. The van der Waals surface area contributed by atoms with E-state index in [4.69, 9.17) is 5.73 Å². The highest BCUT2D eigenvalue weighted by molar-refractivity contribution is 14.0. The van der Waals surface area contributed by atoms with Gasteiger partial charge >= 0.3 is 0 Å². The number of hydrogen-bond donors (Lipinski definition) is 2. The van der Waals surface area contributed by atoms with Crippen molar-refractivity contribution in [3.8, 4) is 0 Å². The van der Waals surface area contributed by atoms with Gasteiger partial charge in [-0.15, -0.1) is 24.0 Å². The van der Waals surface area contributed by atoms with Gasteiger partial charge in [-0.1, -0.05) is 6.42 Å². The van der Waals surface area contributed by atoms with Crippen LogP contribution in [0.15, 0.2) is 23.3 Å². The molecule has 0 radical (unpaired) electrons. The van der Waals surface area contributed by atoms with Gasteiger partial charge in [0.1, 0.15) is 0 Å². The first-order valence-electron chi connectivity index (χ1n) is 5.65. The van der Waals surface area contributed by atoms with Gasteiger partial charge in [-0.25, -0.2) is 4.99 Å². The summed E-state index contributed by atoms with van der Waals surface area (Å²) in [5.74, 6) is 1.28. The second kappa shape index (κ2) is 7.41. The third-order valence-corrected chi connectivity index (χ3v) is 2.84. The van der Waals surface area contributed by atoms with Gasteiger partial charge in [0.05, 0.1) is 12.2 Å². The number of guanidine groups is 1. The van der Waals surface area contributed by atoms with Gasteiger partial charge in [0, 0.05) is 12.7 Å². The molecule has 0 atom stereocenters. The molecule has 94 valence electrons. The summed E-state index contributed by atoms with van der Waals surface area (Å²) in [6.07, 6.45) is 5.61. The van der Waals surface area contributed by atoms with Crippen molar-refractivity contribution in [2.75, 3.05) is 6.54 Å². The molecular formula is C11H18IN5. The number of halogens is 1. The van der Waals surface area contributed by atoms with Crippen molar-refractivity contribution in [3.63, 3.8) is 0 Å². The zero-order chi connectivity index (χ0) is 11.2. The second-order valence-corrected chi connectivity index (χ2v) is 4.09. The minimum atomic E-state index is 0. The standard InChI is InChI=1S/C11H17N5.HI/c12-11(13-7-9-3-1-4-9)14-8-10-5-2-6-15-16-10;/h2,5-6,9H,1,3-4,7-8H2,(H3,12,13,14);1H. The number of nitrogens with zero attached hydrogens (tertiary/aromatic N) is 3. The number of nitrogens with two attached hydrogens (primary N) is 1. The molecule has 5 nitrogen and oxygen atoms in total. The van der Waals surface area contributed by atoms with Gasteiger partial charge in [-0.3, -0.25) is 0 Å². The SMILES string of the molecule is I.NC(=NCc1cccnn1)NCC1CCC1. The Morgan fingerprint density at radius 3 is 2.94 bits per heavy atom. The lowest BCUT2D eigenvalue weighted by Crippen LogP contribution is -2.37. The second-order valence-electron chi connectivity index (χ2n) is 4.09. The Morgan fingerprint density at radius 1 is 1.53 bits per heavy atom. The van der Waals surface area contributed by atoms with Crippen LogP contribution in [0.4, 0.5) is 0 Å². The van der Waals surface area contributed by atoms with Crippen molar-refractivity contribution in [3.05, 3.63) is 24.0 Å². The summed E-state index contributed by atoms with van der Waals surface area (Å²) in [7, 11) is 0. The Bertz CT molecular complexity index is 350. The molecule has 0 unspecified atom stereocenters. The van der Waals surface area contributed by atoms with E-state index in [9.17, 15) is 0 Å². The Kier molecular flexibility index (Phi) is 6.17. The van der Waals surface area contributed by atoms with Crippen molar-refractivity contribution in [2.45, 2.75) is 25.8 Å². The summed E-state index contributed by atoms with van der Waals surface area (Å²) in [6, 6.07) is 3.73. The van der Waals surface area contributed by atoms with Crippen LogP contribution in [-0.4, -0.2) is 22.7 Å². The first-order chi connectivity index (χ1) is 7.84. The number of rotatable bonds is 4. The van der Waals surface area contributed by atoms with Crippen LogP contribution in [0.2, 0.25) is 0 Å². The zero-order valence-electron chi connectivity index (χ0n) is 9.67. The van der Waals surface area contributed by atoms with Gasteiger partial charge < -0.3 is 11.1 Å². The number of nitrogens with one attached hydrogen (secondary N) is 1. The summed E-state index contributed by atoms with van der Waals surface area (Å²) in [5, 5.41) is 10.8. The first-order valence-corrected chi connectivity index (χ1v) is 5.65. The van der Waals surface area contributed by atoms with E-state index in [1.807, 2.05) is 12.1 Å². The van der Waals surface area contributed by atoms with Crippen LogP contribution in [0.3, 0.4) is 0 Å². The molecule has 1 saturated carbocycles. The van der Waals surface area contributed by atoms with E-state index < -0.39 is 0 Å². The lowest BCUT2D eigenvalue weighted by atomic mass is 9.85. The highest BCUT2D eigenvalue weighted by Crippen LogP contribution is 2.24. The molecule has 0 saturated heterocycles. The molecule has 1 aliphatic carbocycles. The van der Waals surface area contributed by atoms with Crippen molar-refractivity contribution in [2.24, 2.45) is 16.6 Å². The molecule has 0 aliphatic heterocycles. The fraction of sp³-hybridized carbons (Fsp3) is 0.545. The van der Waals surface area contributed by atoms with E-state index in [-0.39, 0.29) is 24.0 Å². The highest BCUT2D eigenvalue weighted by atomic mass is 127. The molecule has 1 aromatic heterocycles. The predicted octanol–water partition coefficient (Wildman–Crippen LogP) is 1.30. The van der Waals surface area contributed by atoms with E-state index in [0.29, 0.717) is 12.5 Å². The van der Waals surface area contributed by atoms with Crippen LogP contribution in [-0.2, 0) is 6.54 Å². The number of aromatic nitrogens is 2. The molecule has 1 fully saturated rings. The number of hydrogen-bond acceptors (Lipinski definition) is 3. The topological polar surface area (TPSA) is 76.2 Å². The fourth-order valence-corrected chi connectivity index (χ4v) is 1.59. The summed E-state index contributed by atoms with van der Waals surface area (Å²) in [6.45, 7) is 1.42. The Labute approximate surface area is 118 Å². The Hall–Kier alpha value is -0.920. The monoisotopic (exact) mass is 347 g/mol. The molecule has 0 spiro atoms. The molecule has 2 rings (SSSR count). The molecule has 3 N–H and O–H groups in total. The fourth-order valence-electron chi connectivity index (χ4n) is 1.59. The average molecular weight is 347 g/mol. The molecule has 1 heterocycles. The van der Waals surface area contributed by atoms with Crippen molar-refractivity contribution >= 4 is 29.9 Å². The van der Waals surface area contributed by atoms with Gasteiger partial charge in [-0.05, 0) is 30.9 Å². The molecule has 0 aromatic carbocycles. The summed E-state index contributed by atoms with van der Waals surface area (Å²) in [5.41, 5.74) is 6.57. The predicted molar refractivity (Wildman–Crippen MR) is 78.1 cm³/mol. The average Bonchev–Trinajstić information content (AvgIpc) is 2.26. The summed E-state index contributed by atoms with van der Waals surface area (Å²) < 4.78 is 0. The van der Waals surface area contributed by atoms with Crippen LogP contribution in [0.5, 0.6) is 0 Å². The Balaban J connectivity index is 0.00000144. The summed E-state index contributed by atoms with van der Waals surface area (Å²) in [4.78, 5) is 4.21. The van der Waals surface area contributed by atoms with E-state index >= 15 is 0 Å². The minimum Gasteiger partial charge on any atom is -0.370 e. The molecular weight excluding hydrogens is 329 g/mol. The molecule has 6 heteroatoms. The van der Waals surface area contributed by atoms with Gasteiger partial charge in [-0.2, -0.15) is 10.2 Å². The van der Waals surface area contributed by atoms with Gasteiger partial charge in [0.2, 0.25) is 0 Å². The van der Waals surface area contributed by atoms with Gasteiger partial charge in [0.15, 0.2) is 5.96 Å². The van der Waals surface area contributed by atoms with Crippen molar-refractivity contribution < 1.29 is 0 Å². The lowest BCUT2D eigenvalue weighted by molar-refractivity contribution is 0.315. The van der Waals surface area contributed by atoms with Crippen LogP contribution in [0.1, 0.15) is 25.0 Å². The smallest absolute Gasteiger partial charge is 0.188 e. The van der Waals surface area contributed by atoms with Crippen LogP contribution in [0, 0.1) is 5.92 Å². The van der Waals surface area contributed by atoms with E-state index in [1.54, 1.807) is 6.20 Å². The molecule has 0 amide bonds. The number of aliphatic imine (C=N–C) groups is 1. The normalized spacial score (nSPS) is 15.9. The van der Waals surface area contributed by atoms with E-state index in [1.165, 1.54) is 19.3 Å². The van der Waals surface area contributed by atoms with E-state index in [2.05, 4.69) is 20.5 Å². The largest absolute Gasteiger partial charge is 0.370 e. The minimum absolute atomic E-state index is 0. The first kappa shape index (κ1) is 14.1. The molecule has 1 aromatic rings. The molecule has 1 aliphatic rings. The molecule has 17 heavy (non-hydrogen) atoms. The van der Waals surface area contributed by atoms with Crippen LogP contribution < -0.4 is 11.1 Å². The van der Waals surface area contributed by atoms with Crippen molar-refractivity contribution in [1.29, 1.82) is 0 Å². The highest BCUT2D eigenvalue weighted by Gasteiger charge is 2.16. The zero-order valence-corrected chi connectivity index (χ0v) is 12.0. The summed E-state index contributed by atoms with van der Waals surface area (Å²) >= 11 is 0.